The number of nitrogens with zero attached hydrogens (tertiary/aromatic N) is 1. The van der Waals surface area contributed by atoms with Gasteiger partial charge in [-0.2, -0.15) is 11.3 Å². The van der Waals surface area contributed by atoms with Crippen LogP contribution in [0.1, 0.15) is 24.9 Å². The Morgan fingerprint density at radius 1 is 1.65 bits per heavy atom. The lowest BCUT2D eigenvalue weighted by molar-refractivity contribution is -0.121. The van der Waals surface area contributed by atoms with E-state index in [9.17, 15) is 4.79 Å². The summed E-state index contributed by atoms with van der Waals surface area (Å²) in [6.45, 7) is 3.65. The molecule has 3 unspecified atom stereocenters. The van der Waals surface area contributed by atoms with Crippen molar-refractivity contribution >= 4 is 17.2 Å². The highest BCUT2D eigenvalue weighted by Gasteiger charge is 2.33. The van der Waals surface area contributed by atoms with Gasteiger partial charge >= 0.3 is 0 Å². The third-order valence-electron chi connectivity index (χ3n) is 3.40. The number of likely N-dealkylation sites (tertiary alicyclic amines) is 1. The van der Waals surface area contributed by atoms with Crippen LogP contribution in [-0.2, 0) is 4.79 Å². The summed E-state index contributed by atoms with van der Waals surface area (Å²) >= 11 is 1.68. The van der Waals surface area contributed by atoms with Gasteiger partial charge in [0.2, 0.25) is 5.91 Å². The number of rotatable bonds is 4. The average Bonchev–Trinajstić information content (AvgIpc) is 2.88. The van der Waals surface area contributed by atoms with Crippen LogP contribution in [0.2, 0.25) is 0 Å². The van der Waals surface area contributed by atoms with Gasteiger partial charge in [-0.25, -0.2) is 0 Å². The molecule has 1 aliphatic heterocycles. The summed E-state index contributed by atoms with van der Waals surface area (Å²) in [6, 6.07) is 2.36. The molecule has 5 heteroatoms. The normalized spacial score (nSPS) is 24.7. The van der Waals surface area contributed by atoms with E-state index in [4.69, 9.17) is 11.5 Å². The smallest absolute Gasteiger partial charge is 0.221 e. The lowest BCUT2D eigenvalue weighted by Gasteiger charge is -2.30. The van der Waals surface area contributed by atoms with Crippen LogP contribution in [0, 0.1) is 5.92 Å². The Labute approximate surface area is 106 Å². The maximum Gasteiger partial charge on any atom is 0.221 e. The number of hydrogen-bond acceptors (Lipinski definition) is 4. The average molecular weight is 253 g/mol. The molecule has 0 aliphatic carbocycles. The first kappa shape index (κ1) is 12.5. The summed E-state index contributed by atoms with van der Waals surface area (Å²) in [4.78, 5) is 13.5. The maximum absolute atomic E-state index is 11.2. The van der Waals surface area contributed by atoms with Crippen molar-refractivity contribution in [2.45, 2.75) is 25.4 Å². The number of carbonyl (C=O) groups excluding carboxylic acids is 1. The molecule has 1 aromatic rings. The van der Waals surface area contributed by atoms with Crippen molar-refractivity contribution in [3.05, 3.63) is 22.4 Å². The third-order valence-corrected chi connectivity index (χ3v) is 4.10. The van der Waals surface area contributed by atoms with Gasteiger partial charge in [0, 0.05) is 12.6 Å². The molecule has 0 saturated carbocycles. The van der Waals surface area contributed by atoms with Gasteiger partial charge in [-0.3, -0.25) is 9.69 Å². The predicted octanol–water partition coefficient (Wildman–Crippen LogP) is 0.944. The summed E-state index contributed by atoms with van der Waals surface area (Å²) in [7, 11) is 0. The van der Waals surface area contributed by atoms with Gasteiger partial charge < -0.3 is 11.5 Å². The predicted molar refractivity (Wildman–Crippen MR) is 69.6 cm³/mol. The minimum atomic E-state index is -0.193. The van der Waals surface area contributed by atoms with Gasteiger partial charge in [0.15, 0.2) is 0 Å². The lowest BCUT2D eigenvalue weighted by Crippen LogP contribution is -2.39. The van der Waals surface area contributed by atoms with Crippen molar-refractivity contribution in [1.29, 1.82) is 0 Å². The van der Waals surface area contributed by atoms with Crippen LogP contribution in [0.15, 0.2) is 16.8 Å². The highest BCUT2D eigenvalue weighted by atomic mass is 32.1. The second kappa shape index (κ2) is 5.16. The van der Waals surface area contributed by atoms with Gasteiger partial charge in [0.25, 0.3) is 0 Å². The van der Waals surface area contributed by atoms with Crippen LogP contribution in [0.25, 0.3) is 0 Å². The molecule has 1 fully saturated rings. The van der Waals surface area contributed by atoms with E-state index >= 15 is 0 Å². The molecule has 4 nitrogen and oxygen atoms in total. The number of primary amides is 1. The number of amides is 1. The molecule has 1 amide bonds. The first-order valence-electron chi connectivity index (χ1n) is 5.90. The summed E-state index contributed by atoms with van der Waals surface area (Å²) < 4.78 is 0. The van der Waals surface area contributed by atoms with E-state index in [1.165, 1.54) is 5.56 Å². The fourth-order valence-corrected chi connectivity index (χ4v) is 3.25. The van der Waals surface area contributed by atoms with Gasteiger partial charge in [-0.15, -0.1) is 0 Å². The minimum absolute atomic E-state index is 0.0186. The zero-order valence-electron chi connectivity index (χ0n) is 10.0. The van der Waals surface area contributed by atoms with Crippen molar-refractivity contribution in [2.75, 3.05) is 13.1 Å². The van der Waals surface area contributed by atoms with Crippen molar-refractivity contribution in [2.24, 2.45) is 17.4 Å². The molecule has 1 aromatic heterocycles. The maximum atomic E-state index is 11.2. The lowest BCUT2D eigenvalue weighted by atomic mass is 10.0. The van der Waals surface area contributed by atoms with E-state index in [-0.39, 0.29) is 23.9 Å². The molecule has 2 rings (SSSR count). The standard InChI is InChI=1S/C12H19N3OS/c1-8(13)11(10-3-5-17-7-10)15-4-2-9(6-15)12(14)16/h3,5,7-9,11H,2,4,6,13H2,1H3,(H2,14,16). The number of hydrogen-bond donors (Lipinski definition) is 2. The zero-order valence-corrected chi connectivity index (χ0v) is 10.8. The van der Waals surface area contributed by atoms with Crippen LogP contribution >= 0.6 is 11.3 Å². The molecule has 0 spiro atoms. The molecule has 0 aromatic carbocycles. The largest absolute Gasteiger partial charge is 0.369 e. The monoisotopic (exact) mass is 253 g/mol. The Morgan fingerprint density at radius 3 is 2.88 bits per heavy atom. The number of thiophene rings is 1. The quantitative estimate of drug-likeness (QED) is 0.839. The van der Waals surface area contributed by atoms with Crippen molar-refractivity contribution in [3.63, 3.8) is 0 Å². The molecule has 0 radical (unpaired) electrons. The fraction of sp³-hybridized carbons (Fsp3) is 0.583. The van der Waals surface area contributed by atoms with Crippen LogP contribution in [0.5, 0.6) is 0 Å². The summed E-state index contributed by atoms with van der Waals surface area (Å²) in [5, 5.41) is 4.19. The second-order valence-corrected chi connectivity index (χ2v) is 5.52. The Balaban J connectivity index is 2.11. The van der Waals surface area contributed by atoms with Gasteiger partial charge in [-0.1, -0.05) is 0 Å². The second-order valence-electron chi connectivity index (χ2n) is 4.74. The molecule has 2 heterocycles. The fourth-order valence-electron chi connectivity index (χ4n) is 2.56. The molecule has 94 valence electrons. The molecule has 17 heavy (non-hydrogen) atoms. The molecule has 3 atom stereocenters. The van der Waals surface area contributed by atoms with Gasteiger partial charge in [0.1, 0.15) is 0 Å². The van der Waals surface area contributed by atoms with Crippen LogP contribution < -0.4 is 11.5 Å². The van der Waals surface area contributed by atoms with Crippen molar-refractivity contribution < 1.29 is 4.79 Å². The van der Waals surface area contributed by atoms with E-state index in [1.54, 1.807) is 11.3 Å². The summed E-state index contributed by atoms with van der Waals surface area (Å²) in [5.41, 5.74) is 12.7. The molecular weight excluding hydrogens is 234 g/mol. The van der Waals surface area contributed by atoms with E-state index in [2.05, 4.69) is 21.7 Å². The van der Waals surface area contributed by atoms with Crippen LogP contribution in [-0.4, -0.2) is 29.9 Å². The first-order valence-corrected chi connectivity index (χ1v) is 6.85. The Kier molecular flexibility index (Phi) is 3.81. The number of carbonyl (C=O) groups is 1. The molecule has 4 N–H and O–H groups in total. The first-order chi connectivity index (χ1) is 8.09. The summed E-state index contributed by atoms with van der Waals surface area (Å²) in [6.07, 6.45) is 0.850. The molecule has 1 aliphatic rings. The topological polar surface area (TPSA) is 72.3 Å². The Morgan fingerprint density at radius 2 is 2.41 bits per heavy atom. The molecule has 0 bridgehead atoms. The van der Waals surface area contributed by atoms with Crippen molar-refractivity contribution in [1.82, 2.24) is 4.90 Å². The van der Waals surface area contributed by atoms with Crippen molar-refractivity contribution in [3.8, 4) is 0 Å². The Hall–Kier alpha value is -0.910. The van der Waals surface area contributed by atoms with Crippen LogP contribution in [0.3, 0.4) is 0 Å². The van der Waals surface area contributed by atoms with E-state index in [1.807, 2.05) is 6.92 Å². The van der Waals surface area contributed by atoms with E-state index in [0.717, 1.165) is 19.5 Å². The highest BCUT2D eigenvalue weighted by molar-refractivity contribution is 7.07. The molecular formula is C12H19N3OS. The van der Waals surface area contributed by atoms with E-state index < -0.39 is 0 Å². The van der Waals surface area contributed by atoms with Gasteiger partial charge in [-0.05, 0) is 42.3 Å². The highest BCUT2D eigenvalue weighted by Crippen LogP contribution is 2.30. The Bertz CT molecular complexity index is 377. The molecule has 1 saturated heterocycles. The number of nitrogens with two attached hydrogens (primary N) is 2. The van der Waals surface area contributed by atoms with Gasteiger partial charge in [0.05, 0.1) is 12.0 Å². The van der Waals surface area contributed by atoms with E-state index in [0.29, 0.717) is 0 Å². The zero-order chi connectivity index (χ0) is 12.4. The SMILES string of the molecule is CC(N)C(c1ccsc1)N1CCC(C(N)=O)C1. The van der Waals surface area contributed by atoms with Crippen LogP contribution in [0.4, 0.5) is 0 Å². The third kappa shape index (κ3) is 2.68. The summed E-state index contributed by atoms with van der Waals surface area (Å²) in [5.74, 6) is -0.212. The minimum Gasteiger partial charge on any atom is -0.369 e.